The van der Waals surface area contributed by atoms with E-state index in [1.54, 1.807) is 48.4 Å². The third kappa shape index (κ3) is 8.16. The van der Waals surface area contributed by atoms with Crippen molar-refractivity contribution in [3.63, 3.8) is 0 Å². The molecule has 0 saturated heterocycles. The fourth-order valence-electron chi connectivity index (χ4n) is 5.20. The molecule has 208 valence electrons. The third-order valence-corrected chi connectivity index (χ3v) is 7.59. The Balaban J connectivity index is 1.54. The Hall–Kier alpha value is -3.16. The molecule has 1 saturated carbocycles. The Morgan fingerprint density at radius 2 is 1.74 bits per heavy atom. The molecular weight excluding hydrogens is 517 g/mol. The molecule has 39 heavy (non-hydrogen) atoms. The van der Waals surface area contributed by atoms with Crippen molar-refractivity contribution in [2.24, 2.45) is 0 Å². The summed E-state index contributed by atoms with van der Waals surface area (Å²) in [4.78, 5) is 31.0. The molecule has 2 aromatic carbocycles. The first kappa shape index (κ1) is 28.8. The van der Waals surface area contributed by atoms with Crippen molar-refractivity contribution in [2.45, 2.75) is 57.7 Å². The minimum Gasteiger partial charge on any atom is -0.385 e. The van der Waals surface area contributed by atoms with Crippen molar-refractivity contribution in [3.05, 3.63) is 94.5 Å². The molecule has 1 heterocycles. The van der Waals surface area contributed by atoms with E-state index in [-0.39, 0.29) is 30.2 Å². The van der Waals surface area contributed by atoms with Gasteiger partial charge in [0.25, 0.3) is 5.91 Å². The summed E-state index contributed by atoms with van der Waals surface area (Å²) in [6, 6.07) is 17.4. The maximum absolute atomic E-state index is 13.9. The molecule has 0 aliphatic heterocycles. The van der Waals surface area contributed by atoms with Gasteiger partial charge in [-0.3, -0.25) is 9.59 Å². The summed E-state index contributed by atoms with van der Waals surface area (Å²) in [7, 11) is 1.63. The second-order valence-electron chi connectivity index (χ2n) is 10.1. The highest BCUT2D eigenvalue weighted by atomic mass is 35.5. The van der Waals surface area contributed by atoms with E-state index in [1.165, 1.54) is 18.6 Å². The Labute approximate surface area is 235 Å². The van der Waals surface area contributed by atoms with Crippen LogP contribution in [0, 0.1) is 5.82 Å². The van der Waals surface area contributed by atoms with Crippen LogP contribution in [0.4, 0.5) is 4.39 Å². The van der Waals surface area contributed by atoms with E-state index in [2.05, 4.69) is 4.57 Å². The smallest absolute Gasteiger partial charge is 0.254 e. The molecule has 1 aliphatic carbocycles. The summed E-state index contributed by atoms with van der Waals surface area (Å²) in [6.45, 7) is 1.97. The van der Waals surface area contributed by atoms with Gasteiger partial charge in [0, 0.05) is 55.3 Å². The lowest BCUT2D eigenvalue weighted by atomic mass is 9.94. The highest BCUT2D eigenvalue weighted by molar-refractivity contribution is 6.30. The number of methoxy groups -OCH3 is 1. The van der Waals surface area contributed by atoms with Crippen molar-refractivity contribution in [1.82, 2.24) is 14.4 Å². The van der Waals surface area contributed by atoms with Crippen LogP contribution in [-0.4, -0.2) is 59.0 Å². The van der Waals surface area contributed by atoms with Crippen LogP contribution < -0.4 is 0 Å². The van der Waals surface area contributed by atoms with Crippen LogP contribution in [0.5, 0.6) is 0 Å². The lowest BCUT2D eigenvalue weighted by Crippen LogP contribution is -2.48. The summed E-state index contributed by atoms with van der Waals surface area (Å²) in [5.41, 5.74) is 2.50. The summed E-state index contributed by atoms with van der Waals surface area (Å²) in [5.74, 6) is -0.515. The zero-order chi connectivity index (χ0) is 27.6. The van der Waals surface area contributed by atoms with Gasteiger partial charge in [-0.1, -0.05) is 43.0 Å². The van der Waals surface area contributed by atoms with Crippen molar-refractivity contribution in [2.75, 3.05) is 26.8 Å². The normalized spacial score (nSPS) is 13.8. The number of carbonyl (C=O) groups excluding carboxylic acids is 2. The van der Waals surface area contributed by atoms with Gasteiger partial charge in [-0.2, -0.15) is 0 Å². The summed E-state index contributed by atoms with van der Waals surface area (Å²) < 4.78 is 20.7. The molecule has 0 N–H and O–H groups in total. The van der Waals surface area contributed by atoms with Gasteiger partial charge in [0.1, 0.15) is 12.4 Å². The SMILES string of the molecule is COCCCN(CC(=O)N(Cc1cccn1Cc1ccc(F)cc1)C1CCCCC1)C(=O)c1ccc(Cl)cc1. The van der Waals surface area contributed by atoms with E-state index in [4.69, 9.17) is 16.3 Å². The van der Waals surface area contributed by atoms with Crippen LogP contribution >= 0.6 is 11.6 Å². The van der Waals surface area contributed by atoms with E-state index in [0.29, 0.717) is 43.2 Å². The number of nitrogens with zero attached hydrogens (tertiary/aromatic N) is 3. The Kier molecular flexibility index (Phi) is 10.6. The van der Waals surface area contributed by atoms with Gasteiger partial charge < -0.3 is 19.1 Å². The van der Waals surface area contributed by atoms with Gasteiger partial charge in [0.2, 0.25) is 5.91 Å². The lowest BCUT2D eigenvalue weighted by molar-refractivity contribution is -0.135. The molecule has 1 aromatic heterocycles. The van der Waals surface area contributed by atoms with E-state index < -0.39 is 0 Å². The first-order valence-electron chi connectivity index (χ1n) is 13.7. The number of ether oxygens (including phenoxy) is 1. The fourth-order valence-corrected chi connectivity index (χ4v) is 5.33. The minimum absolute atomic E-state index is 0.000342. The van der Waals surface area contributed by atoms with E-state index in [9.17, 15) is 14.0 Å². The molecule has 1 aliphatic rings. The molecule has 0 unspecified atom stereocenters. The van der Waals surface area contributed by atoms with Crippen molar-refractivity contribution < 1.29 is 18.7 Å². The zero-order valence-corrected chi connectivity index (χ0v) is 23.3. The van der Waals surface area contributed by atoms with E-state index in [1.807, 2.05) is 23.2 Å². The number of benzene rings is 2. The molecule has 0 bridgehead atoms. The highest BCUT2D eigenvalue weighted by Gasteiger charge is 2.29. The van der Waals surface area contributed by atoms with Gasteiger partial charge in [-0.05, 0) is 73.4 Å². The van der Waals surface area contributed by atoms with Crippen LogP contribution in [-0.2, 0) is 22.6 Å². The quantitative estimate of drug-likeness (QED) is 0.252. The average molecular weight is 554 g/mol. The number of hydrogen-bond donors (Lipinski definition) is 0. The monoisotopic (exact) mass is 553 g/mol. The van der Waals surface area contributed by atoms with Gasteiger partial charge >= 0.3 is 0 Å². The van der Waals surface area contributed by atoms with E-state index >= 15 is 0 Å². The third-order valence-electron chi connectivity index (χ3n) is 7.34. The summed E-state index contributed by atoms with van der Waals surface area (Å²) in [6.07, 6.45) is 7.89. The second kappa shape index (κ2) is 14.3. The van der Waals surface area contributed by atoms with Gasteiger partial charge in [-0.15, -0.1) is 0 Å². The standard InChI is InChI=1S/C31H37ClFN3O3/c1-39-20-6-19-35(31(38)25-12-14-26(32)15-13-25)23-30(37)36(28-7-3-2-4-8-28)22-29-9-5-18-34(29)21-24-10-16-27(33)17-11-24/h5,9-18,28H,2-4,6-8,19-23H2,1H3. The topological polar surface area (TPSA) is 54.8 Å². The lowest BCUT2D eigenvalue weighted by Gasteiger charge is -2.36. The number of hydrogen-bond acceptors (Lipinski definition) is 3. The number of aromatic nitrogens is 1. The van der Waals surface area contributed by atoms with Crippen molar-refractivity contribution in [3.8, 4) is 0 Å². The summed E-state index contributed by atoms with van der Waals surface area (Å²) >= 11 is 6.03. The van der Waals surface area contributed by atoms with Crippen LogP contribution in [0.25, 0.3) is 0 Å². The molecule has 0 radical (unpaired) electrons. The molecule has 4 rings (SSSR count). The van der Waals surface area contributed by atoms with Crippen molar-refractivity contribution in [1.29, 1.82) is 0 Å². The minimum atomic E-state index is -0.260. The predicted molar refractivity (Wildman–Crippen MR) is 151 cm³/mol. The fraction of sp³-hybridized carbons (Fsp3) is 0.419. The zero-order valence-electron chi connectivity index (χ0n) is 22.5. The molecule has 0 spiro atoms. The molecule has 1 fully saturated rings. The number of carbonyl (C=O) groups is 2. The molecule has 3 aromatic rings. The maximum Gasteiger partial charge on any atom is 0.254 e. The predicted octanol–water partition coefficient (Wildman–Crippen LogP) is 6.17. The van der Waals surface area contributed by atoms with Crippen LogP contribution in [0.2, 0.25) is 5.02 Å². The summed E-state index contributed by atoms with van der Waals surface area (Å²) in [5, 5.41) is 0.556. The number of halogens is 2. The van der Waals surface area contributed by atoms with Gasteiger partial charge in [0.15, 0.2) is 0 Å². The molecule has 8 heteroatoms. The molecular formula is C31H37ClFN3O3. The van der Waals surface area contributed by atoms with Gasteiger partial charge in [-0.25, -0.2) is 4.39 Å². The Morgan fingerprint density at radius 1 is 1.03 bits per heavy atom. The first-order valence-corrected chi connectivity index (χ1v) is 14.0. The van der Waals surface area contributed by atoms with Gasteiger partial charge in [0.05, 0.1) is 6.54 Å². The molecule has 2 amide bonds. The second-order valence-corrected chi connectivity index (χ2v) is 10.6. The number of rotatable bonds is 12. The molecule has 0 atom stereocenters. The average Bonchev–Trinajstić information content (AvgIpc) is 3.39. The van der Waals surface area contributed by atoms with Crippen molar-refractivity contribution >= 4 is 23.4 Å². The Morgan fingerprint density at radius 3 is 2.44 bits per heavy atom. The van der Waals surface area contributed by atoms with Crippen LogP contribution in [0.15, 0.2) is 66.9 Å². The van der Waals surface area contributed by atoms with E-state index in [0.717, 1.165) is 36.9 Å². The van der Waals surface area contributed by atoms with Crippen LogP contribution in [0.3, 0.4) is 0 Å². The first-order chi connectivity index (χ1) is 18.9. The van der Waals surface area contributed by atoms with Crippen LogP contribution in [0.1, 0.15) is 60.1 Å². The Bertz CT molecular complexity index is 1210. The highest BCUT2D eigenvalue weighted by Crippen LogP contribution is 2.25. The maximum atomic E-state index is 13.9. The molecule has 6 nitrogen and oxygen atoms in total. The largest absolute Gasteiger partial charge is 0.385 e. The number of amides is 2.